The molecule has 0 aliphatic carbocycles. The minimum Gasteiger partial charge on any atom is -0.497 e. The number of likely N-dealkylation sites (N-methyl/N-ethyl adjacent to an activating group) is 1. The van der Waals surface area contributed by atoms with Gasteiger partial charge >= 0.3 is 6.09 Å². The topological polar surface area (TPSA) is 113 Å². The molecule has 0 spiro atoms. The maximum absolute atomic E-state index is 12.5. The number of anilines is 2. The quantitative estimate of drug-likeness (QED) is 0.471. The average molecular weight is 549 g/mol. The minimum atomic E-state index is -1.17. The number of hydrazone groups is 1. The van der Waals surface area contributed by atoms with Crippen LogP contribution in [-0.4, -0.2) is 95.9 Å². The Labute approximate surface area is 234 Å². The number of methoxy groups -OCH3 is 2. The molecule has 11 heteroatoms. The van der Waals surface area contributed by atoms with Crippen LogP contribution >= 0.6 is 0 Å². The summed E-state index contributed by atoms with van der Waals surface area (Å²) in [5.74, 6) is 1.30. The van der Waals surface area contributed by atoms with Gasteiger partial charge in [-0.2, -0.15) is 5.10 Å². The van der Waals surface area contributed by atoms with E-state index in [9.17, 15) is 9.90 Å². The number of rotatable bonds is 7. The summed E-state index contributed by atoms with van der Waals surface area (Å²) in [5.41, 5.74) is 2.12. The summed E-state index contributed by atoms with van der Waals surface area (Å²) in [6.45, 7) is 6.71. The number of carbonyl (C=O) groups is 1. The zero-order valence-electron chi connectivity index (χ0n) is 23.8. The van der Waals surface area contributed by atoms with Crippen molar-refractivity contribution in [3.05, 3.63) is 48.3 Å². The number of amides is 1. The SMILES string of the molecule is COc1cc(OC)cc(N(CC2(O)CN(C(=O)OC(C)(C)C)C2)c2ccc3ncc(C4C=NN(C)C4)nc3c2)c1. The Bertz CT molecular complexity index is 1410. The highest BCUT2D eigenvalue weighted by atomic mass is 16.6. The molecule has 212 valence electrons. The lowest BCUT2D eigenvalue weighted by atomic mass is 9.93. The van der Waals surface area contributed by atoms with Crippen molar-refractivity contribution in [3.63, 3.8) is 0 Å². The molecule has 0 bridgehead atoms. The number of benzene rings is 2. The molecule has 3 heterocycles. The van der Waals surface area contributed by atoms with E-state index in [1.165, 1.54) is 4.90 Å². The van der Waals surface area contributed by atoms with Gasteiger partial charge in [-0.15, -0.1) is 0 Å². The Hall–Kier alpha value is -4.12. The highest BCUT2D eigenvalue weighted by molar-refractivity contribution is 5.82. The molecule has 40 heavy (non-hydrogen) atoms. The molecule has 2 aliphatic heterocycles. The van der Waals surface area contributed by atoms with Crippen LogP contribution in [0.2, 0.25) is 0 Å². The molecule has 1 N–H and O–H groups in total. The first-order valence-corrected chi connectivity index (χ1v) is 13.2. The first kappa shape index (κ1) is 27.4. The zero-order chi connectivity index (χ0) is 28.7. The van der Waals surface area contributed by atoms with Gasteiger partial charge in [0.15, 0.2) is 0 Å². The van der Waals surface area contributed by atoms with Gasteiger partial charge in [0.25, 0.3) is 0 Å². The van der Waals surface area contributed by atoms with Gasteiger partial charge in [-0.1, -0.05) is 0 Å². The number of fused-ring (bicyclic) bond motifs is 1. The Morgan fingerprint density at radius 1 is 1.07 bits per heavy atom. The number of hydrogen-bond donors (Lipinski definition) is 1. The summed E-state index contributed by atoms with van der Waals surface area (Å²) in [7, 11) is 5.12. The van der Waals surface area contributed by atoms with Crippen molar-refractivity contribution in [2.75, 3.05) is 52.3 Å². The van der Waals surface area contributed by atoms with E-state index in [4.69, 9.17) is 19.2 Å². The van der Waals surface area contributed by atoms with Crippen LogP contribution in [0.4, 0.5) is 16.2 Å². The third-order valence-corrected chi connectivity index (χ3v) is 6.86. The fourth-order valence-electron chi connectivity index (χ4n) is 4.90. The Morgan fingerprint density at radius 3 is 2.38 bits per heavy atom. The predicted molar refractivity (Wildman–Crippen MR) is 153 cm³/mol. The smallest absolute Gasteiger partial charge is 0.410 e. The highest BCUT2D eigenvalue weighted by Gasteiger charge is 2.46. The number of aromatic nitrogens is 2. The van der Waals surface area contributed by atoms with Gasteiger partial charge in [0.2, 0.25) is 0 Å². The largest absolute Gasteiger partial charge is 0.497 e. The fraction of sp³-hybridized carbons (Fsp3) is 0.448. The van der Waals surface area contributed by atoms with E-state index in [-0.39, 0.29) is 25.6 Å². The molecular weight excluding hydrogens is 512 g/mol. The molecular formula is C29H36N6O5. The highest BCUT2D eigenvalue weighted by Crippen LogP contribution is 2.37. The molecule has 1 atom stereocenters. The number of β-amino-alcohol motifs (C(OH)–C–C–N with tert-alkyl or cyclic N) is 1. The van der Waals surface area contributed by atoms with E-state index in [1.807, 2.05) is 74.3 Å². The molecule has 1 saturated heterocycles. The van der Waals surface area contributed by atoms with Crippen LogP contribution in [0.15, 0.2) is 47.7 Å². The van der Waals surface area contributed by atoms with E-state index in [0.29, 0.717) is 11.5 Å². The van der Waals surface area contributed by atoms with Gasteiger partial charge in [0.1, 0.15) is 22.7 Å². The van der Waals surface area contributed by atoms with Crippen LogP contribution in [0, 0.1) is 0 Å². The monoisotopic (exact) mass is 548 g/mol. The molecule has 0 saturated carbocycles. The first-order chi connectivity index (χ1) is 18.9. The molecule has 1 amide bonds. The maximum Gasteiger partial charge on any atom is 0.410 e. The number of nitrogens with zero attached hydrogens (tertiary/aromatic N) is 6. The van der Waals surface area contributed by atoms with Gasteiger partial charge in [0, 0.05) is 55.6 Å². The molecule has 11 nitrogen and oxygen atoms in total. The summed E-state index contributed by atoms with van der Waals surface area (Å²) in [4.78, 5) is 25.6. The molecule has 1 unspecified atom stereocenters. The van der Waals surface area contributed by atoms with Crippen LogP contribution in [0.3, 0.4) is 0 Å². The van der Waals surface area contributed by atoms with Gasteiger partial charge in [-0.25, -0.2) is 9.78 Å². The van der Waals surface area contributed by atoms with Gasteiger partial charge < -0.3 is 29.1 Å². The lowest BCUT2D eigenvalue weighted by Gasteiger charge is -2.48. The summed E-state index contributed by atoms with van der Waals surface area (Å²) in [5, 5.41) is 17.7. The summed E-state index contributed by atoms with van der Waals surface area (Å²) in [6, 6.07) is 11.4. The molecule has 2 aromatic carbocycles. The number of hydrogen-bond acceptors (Lipinski definition) is 10. The van der Waals surface area contributed by atoms with Crippen molar-refractivity contribution in [2.45, 2.75) is 37.9 Å². The van der Waals surface area contributed by atoms with Gasteiger partial charge in [0.05, 0.1) is 56.5 Å². The summed E-state index contributed by atoms with van der Waals surface area (Å²) >= 11 is 0. The van der Waals surface area contributed by atoms with E-state index in [0.717, 1.165) is 34.6 Å². The van der Waals surface area contributed by atoms with E-state index in [2.05, 4.69) is 10.1 Å². The van der Waals surface area contributed by atoms with E-state index in [1.54, 1.807) is 26.5 Å². The second-order valence-electron chi connectivity index (χ2n) is 11.4. The third-order valence-electron chi connectivity index (χ3n) is 6.86. The third kappa shape index (κ3) is 5.89. The van der Waals surface area contributed by atoms with Crippen molar-refractivity contribution >= 4 is 34.7 Å². The van der Waals surface area contributed by atoms with Crippen LogP contribution in [0.1, 0.15) is 32.4 Å². The minimum absolute atomic E-state index is 0.0684. The molecule has 0 radical (unpaired) electrons. The number of aliphatic hydroxyl groups is 1. The number of ether oxygens (including phenoxy) is 3. The van der Waals surface area contributed by atoms with Gasteiger partial charge in [-0.05, 0) is 39.0 Å². The Morgan fingerprint density at radius 2 is 1.77 bits per heavy atom. The lowest BCUT2D eigenvalue weighted by molar-refractivity contribution is -0.0916. The second kappa shape index (κ2) is 10.5. The normalized spacial score (nSPS) is 18.0. The van der Waals surface area contributed by atoms with Crippen LogP contribution in [-0.2, 0) is 4.74 Å². The summed E-state index contributed by atoms with van der Waals surface area (Å²) < 4.78 is 16.5. The van der Waals surface area contributed by atoms with Crippen molar-refractivity contribution < 1.29 is 24.1 Å². The van der Waals surface area contributed by atoms with E-state index < -0.39 is 17.3 Å². The summed E-state index contributed by atoms with van der Waals surface area (Å²) in [6.07, 6.45) is 3.24. The van der Waals surface area contributed by atoms with Gasteiger partial charge in [-0.3, -0.25) is 9.99 Å². The Balaban J connectivity index is 1.48. The van der Waals surface area contributed by atoms with Crippen molar-refractivity contribution in [1.82, 2.24) is 19.9 Å². The second-order valence-corrected chi connectivity index (χ2v) is 11.4. The first-order valence-electron chi connectivity index (χ1n) is 13.2. The van der Waals surface area contributed by atoms with Crippen LogP contribution in [0.5, 0.6) is 11.5 Å². The van der Waals surface area contributed by atoms with Crippen LogP contribution < -0.4 is 14.4 Å². The number of likely N-dealkylation sites (tertiary alicyclic amines) is 1. The molecule has 1 aromatic heterocycles. The predicted octanol–water partition coefficient (Wildman–Crippen LogP) is 3.78. The zero-order valence-corrected chi connectivity index (χ0v) is 23.8. The molecule has 1 fully saturated rings. The number of carbonyl (C=O) groups excluding carboxylic acids is 1. The standard InChI is InChI=1S/C29H36N6O5/c1-28(2,3)40-27(36)34-16-29(37,17-34)18-35(21-9-22(38-5)12-23(10-21)39-6)20-7-8-24-25(11-20)32-26(14-30-24)19-13-31-33(4)15-19/h7-14,19,37H,15-18H2,1-6H3. The molecule has 3 aromatic rings. The fourth-order valence-corrected chi connectivity index (χ4v) is 4.90. The molecule has 2 aliphatic rings. The Kier molecular flexibility index (Phi) is 7.17. The maximum atomic E-state index is 12.5. The lowest BCUT2D eigenvalue weighted by Crippen LogP contribution is -2.67. The van der Waals surface area contributed by atoms with Crippen molar-refractivity contribution in [3.8, 4) is 11.5 Å². The average Bonchev–Trinajstić information content (AvgIpc) is 3.34. The van der Waals surface area contributed by atoms with Crippen molar-refractivity contribution in [2.24, 2.45) is 5.10 Å². The van der Waals surface area contributed by atoms with Crippen LogP contribution in [0.25, 0.3) is 11.0 Å². The van der Waals surface area contributed by atoms with E-state index >= 15 is 0 Å². The molecule has 5 rings (SSSR count). The van der Waals surface area contributed by atoms with Crippen molar-refractivity contribution in [1.29, 1.82) is 0 Å².